The molecule has 0 saturated heterocycles. The molecule has 0 spiro atoms. The lowest BCUT2D eigenvalue weighted by Crippen LogP contribution is -2.43. The van der Waals surface area contributed by atoms with Crippen LogP contribution in [-0.4, -0.2) is 28.9 Å². The van der Waals surface area contributed by atoms with Crippen molar-refractivity contribution in [2.75, 3.05) is 12.3 Å². The number of hydrogen-bond acceptors (Lipinski definition) is 3. The maximum atomic E-state index is 6.48. The van der Waals surface area contributed by atoms with Crippen LogP contribution in [0.15, 0.2) is 4.99 Å². The molecule has 5 atom stereocenters. The van der Waals surface area contributed by atoms with Crippen molar-refractivity contribution in [3.05, 3.63) is 0 Å². The molecule has 0 bridgehead atoms. The maximum absolute atomic E-state index is 6.48. The molecule has 0 amide bonds. The van der Waals surface area contributed by atoms with Gasteiger partial charge in [-0.1, -0.05) is 50.8 Å². The average molecular weight is 343 g/mol. The molecule has 1 N–H and O–H groups in total. The van der Waals surface area contributed by atoms with Gasteiger partial charge in [-0.3, -0.25) is 4.99 Å². The molecule has 1 aliphatic heterocycles. The Morgan fingerprint density at radius 3 is 2.82 bits per heavy atom. The Balaban J connectivity index is 1.64. The number of halogens is 1. The Hall–Kier alpha value is 0.110. The van der Waals surface area contributed by atoms with Gasteiger partial charge in [-0.25, -0.2) is 0 Å². The SMILES string of the molecule is CC1CCCCC1CC(NC1=NCCS1)C1CCCC(Cl)C1. The number of thioether (sulfide) groups is 1. The van der Waals surface area contributed by atoms with E-state index >= 15 is 0 Å². The number of hydrogen-bond donors (Lipinski definition) is 1. The van der Waals surface area contributed by atoms with E-state index in [2.05, 4.69) is 17.2 Å². The van der Waals surface area contributed by atoms with Crippen molar-refractivity contribution in [3.8, 4) is 0 Å². The van der Waals surface area contributed by atoms with E-state index in [1.807, 2.05) is 11.8 Å². The third kappa shape index (κ3) is 4.56. The molecule has 4 heteroatoms. The first-order valence-corrected chi connectivity index (χ1v) is 10.7. The van der Waals surface area contributed by atoms with Crippen LogP contribution in [-0.2, 0) is 0 Å². The number of alkyl halides is 1. The van der Waals surface area contributed by atoms with E-state index in [-0.39, 0.29) is 0 Å². The van der Waals surface area contributed by atoms with Crippen molar-refractivity contribution < 1.29 is 0 Å². The molecule has 2 saturated carbocycles. The molecule has 0 aromatic carbocycles. The Labute approximate surface area is 145 Å². The monoisotopic (exact) mass is 342 g/mol. The average Bonchev–Trinajstić information content (AvgIpc) is 3.02. The topological polar surface area (TPSA) is 24.4 Å². The molecule has 2 nitrogen and oxygen atoms in total. The van der Waals surface area contributed by atoms with Gasteiger partial charge in [-0.05, 0) is 43.4 Å². The van der Waals surface area contributed by atoms with Crippen molar-refractivity contribution in [2.24, 2.45) is 22.7 Å². The summed E-state index contributed by atoms with van der Waals surface area (Å²) >= 11 is 8.38. The van der Waals surface area contributed by atoms with Gasteiger partial charge in [0.25, 0.3) is 0 Å². The molecule has 1 heterocycles. The summed E-state index contributed by atoms with van der Waals surface area (Å²) in [6, 6.07) is 0.594. The van der Waals surface area contributed by atoms with Gasteiger partial charge in [0.1, 0.15) is 0 Å². The molecule has 0 aromatic heterocycles. The van der Waals surface area contributed by atoms with E-state index in [4.69, 9.17) is 11.6 Å². The summed E-state index contributed by atoms with van der Waals surface area (Å²) in [5, 5.41) is 5.42. The van der Waals surface area contributed by atoms with Crippen molar-refractivity contribution in [3.63, 3.8) is 0 Å². The molecule has 2 aliphatic carbocycles. The van der Waals surface area contributed by atoms with Crippen molar-refractivity contribution >= 4 is 28.5 Å². The van der Waals surface area contributed by atoms with Crippen molar-refractivity contribution in [2.45, 2.75) is 76.1 Å². The quantitative estimate of drug-likeness (QED) is 0.722. The van der Waals surface area contributed by atoms with E-state index in [9.17, 15) is 0 Å². The molecule has 3 aliphatic rings. The van der Waals surface area contributed by atoms with Crippen LogP contribution in [0, 0.1) is 17.8 Å². The Kier molecular flexibility index (Phi) is 6.38. The van der Waals surface area contributed by atoms with Gasteiger partial charge in [0.2, 0.25) is 0 Å². The largest absolute Gasteiger partial charge is 0.362 e. The standard InChI is InChI=1S/C18H31ClN2S/c1-13-5-2-3-6-14(13)12-17(21-18-20-9-10-22-18)15-7-4-8-16(19)11-15/h13-17H,2-12H2,1H3,(H,20,21). The third-order valence-corrected chi connectivity index (χ3v) is 7.26. The first-order chi connectivity index (χ1) is 10.7. The number of aliphatic imine (C=N–C) groups is 1. The predicted molar refractivity (Wildman–Crippen MR) is 99.0 cm³/mol. The highest BCUT2D eigenvalue weighted by Gasteiger charge is 2.32. The zero-order valence-electron chi connectivity index (χ0n) is 13.9. The zero-order valence-corrected chi connectivity index (χ0v) is 15.5. The molecule has 22 heavy (non-hydrogen) atoms. The highest BCUT2D eigenvalue weighted by atomic mass is 35.5. The van der Waals surface area contributed by atoms with Crippen LogP contribution in [0.25, 0.3) is 0 Å². The minimum Gasteiger partial charge on any atom is -0.362 e. The van der Waals surface area contributed by atoms with Gasteiger partial charge in [-0.2, -0.15) is 0 Å². The van der Waals surface area contributed by atoms with Crippen LogP contribution in [0.3, 0.4) is 0 Å². The second-order valence-corrected chi connectivity index (χ2v) is 9.27. The van der Waals surface area contributed by atoms with E-state index in [1.54, 1.807) is 0 Å². The minimum absolute atomic E-state index is 0.394. The summed E-state index contributed by atoms with van der Waals surface area (Å²) in [4.78, 5) is 4.64. The van der Waals surface area contributed by atoms with E-state index in [0.29, 0.717) is 11.4 Å². The summed E-state index contributed by atoms with van der Waals surface area (Å²) in [6.07, 6.45) is 12.1. The van der Waals surface area contributed by atoms with Crippen molar-refractivity contribution in [1.82, 2.24) is 5.32 Å². The molecule has 0 aromatic rings. The Morgan fingerprint density at radius 1 is 1.23 bits per heavy atom. The highest BCUT2D eigenvalue weighted by Crippen LogP contribution is 2.37. The third-order valence-electron chi connectivity index (χ3n) is 5.96. The van der Waals surface area contributed by atoms with Gasteiger partial charge < -0.3 is 5.32 Å². The lowest BCUT2D eigenvalue weighted by molar-refractivity contribution is 0.187. The summed E-state index contributed by atoms with van der Waals surface area (Å²) in [5.74, 6) is 3.69. The van der Waals surface area contributed by atoms with Crippen LogP contribution in [0.5, 0.6) is 0 Å². The van der Waals surface area contributed by atoms with Gasteiger partial charge in [0.15, 0.2) is 5.17 Å². The summed E-state index contributed by atoms with van der Waals surface area (Å²) < 4.78 is 0. The normalized spacial score (nSPS) is 37.6. The Morgan fingerprint density at radius 2 is 2.09 bits per heavy atom. The second kappa shape index (κ2) is 8.28. The summed E-state index contributed by atoms with van der Waals surface area (Å²) in [7, 11) is 0. The molecule has 2 fully saturated rings. The fourth-order valence-corrected chi connectivity index (χ4v) is 5.73. The molecule has 5 unspecified atom stereocenters. The predicted octanol–water partition coefficient (Wildman–Crippen LogP) is 5.06. The highest BCUT2D eigenvalue weighted by molar-refractivity contribution is 8.14. The molecular weight excluding hydrogens is 312 g/mol. The van der Waals surface area contributed by atoms with Crippen molar-refractivity contribution in [1.29, 1.82) is 0 Å². The van der Waals surface area contributed by atoms with E-state index in [1.165, 1.54) is 63.0 Å². The van der Waals surface area contributed by atoms with Crippen LogP contribution in [0.4, 0.5) is 0 Å². The second-order valence-electron chi connectivity index (χ2n) is 7.57. The maximum Gasteiger partial charge on any atom is 0.156 e. The zero-order chi connectivity index (χ0) is 15.4. The van der Waals surface area contributed by atoms with E-state index in [0.717, 1.165) is 30.1 Å². The molecule has 0 radical (unpaired) electrons. The van der Waals surface area contributed by atoms with Crippen LogP contribution >= 0.6 is 23.4 Å². The number of nitrogens with one attached hydrogen (secondary N) is 1. The number of nitrogens with zero attached hydrogens (tertiary/aromatic N) is 1. The van der Waals surface area contributed by atoms with Gasteiger partial charge in [0, 0.05) is 17.2 Å². The van der Waals surface area contributed by atoms with Gasteiger partial charge in [-0.15, -0.1) is 11.6 Å². The van der Waals surface area contributed by atoms with E-state index < -0.39 is 0 Å². The van der Waals surface area contributed by atoms with Crippen LogP contribution < -0.4 is 5.32 Å². The van der Waals surface area contributed by atoms with Gasteiger partial charge >= 0.3 is 0 Å². The number of amidine groups is 1. The first-order valence-electron chi connectivity index (χ1n) is 9.30. The molecular formula is C18H31ClN2S. The van der Waals surface area contributed by atoms with Crippen LogP contribution in [0.2, 0.25) is 0 Å². The minimum atomic E-state index is 0.394. The smallest absolute Gasteiger partial charge is 0.156 e. The lowest BCUT2D eigenvalue weighted by Gasteiger charge is -2.38. The Bertz CT molecular complexity index is 387. The lowest BCUT2D eigenvalue weighted by atomic mass is 9.73. The molecule has 3 rings (SSSR count). The first kappa shape index (κ1) is 17.0. The molecule has 126 valence electrons. The van der Waals surface area contributed by atoms with Gasteiger partial charge in [0.05, 0.1) is 6.54 Å². The summed E-state index contributed by atoms with van der Waals surface area (Å²) in [5.41, 5.74) is 0. The van der Waals surface area contributed by atoms with Crippen LogP contribution in [0.1, 0.15) is 64.7 Å². The number of rotatable bonds is 4. The fraction of sp³-hybridized carbons (Fsp3) is 0.944. The summed E-state index contributed by atoms with van der Waals surface area (Å²) in [6.45, 7) is 3.45. The fourth-order valence-electron chi connectivity index (χ4n) is 4.55.